The fourth-order valence-corrected chi connectivity index (χ4v) is 4.66. The molecule has 2 aliphatic carbocycles. The molecule has 3 aliphatic rings. The molecule has 2 fully saturated rings. The molecule has 0 bridgehead atoms. The number of carboxylic acid groups (broad SMARTS) is 1. The Morgan fingerprint density at radius 1 is 1.25 bits per heavy atom. The van der Waals surface area contributed by atoms with E-state index in [1.54, 1.807) is 4.90 Å². The van der Waals surface area contributed by atoms with E-state index in [1.807, 2.05) is 12.3 Å². The van der Waals surface area contributed by atoms with E-state index in [-0.39, 0.29) is 11.9 Å². The Morgan fingerprint density at radius 3 is 2.79 bits per heavy atom. The first-order valence-electron chi connectivity index (χ1n) is 8.86. The summed E-state index contributed by atoms with van der Waals surface area (Å²) < 4.78 is 0. The van der Waals surface area contributed by atoms with Crippen molar-refractivity contribution in [3.05, 3.63) is 23.4 Å². The third-order valence-electron chi connectivity index (χ3n) is 6.04. The van der Waals surface area contributed by atoms with Gasteiger partial charge in [-0.3, -0.25) is 10.1 Å². The highest BCUT2D eigenvalue weighted by Gasteiger charge is 2.55. The molecule has 6 nitrogen and oxygen atoms in total. The lowest BCUT2D eigenvalue weighted by Crippen LogP contribution is -2.38. The van der Waals surface area contributed by atoms with Gasteiger partial charge in [-0.15, -0.1) is 0 Å². The maximum atomic E-state index is 12.6. The van der Waals surface area contributed by atoms with Crippen molar-refractivity contribution in [2.45, 2.75) is 44.9 Å². The quantitative estimate of drug-likeness (QED) is 0.874. The van der Waals surface area contributed by atoms with Crippen LogP contribution in [0.2, 0.25) is 0 Å². The van der Waals surface area contributed by atoms with Crippen LogP contribution >= 0.6 is 0 Å². The minimum absolute atomic E-state index is 0.0808. The van der Waals surface area contributed by atoms with E-state index in [1.165, 1.54) is 24.0 Å². The molecular weight excluding hydrogens is 306 g/mol. The van der Waals surface area contributed by atoms with Crippen LogP contribution in [0, 0.1) is 11.3 Å². The summed E-state index contributed by atoms with van der Waals surface area (Å²) in [5.74, 6) is -0.105. The topological polar surface area (TPSA) is 82.5 Å². The van der Waals surface area contributed by atoms with Crippen LogP contribution in [0.4, 0.5) is 10.6 Å². The van der Waals surface area contributed by atoms with E-state index in [2.05, 4.69) is 10.3 Å². The first kappa shape index (κ1) is 15.4. The number of aryl methyl sites for hydroxylation is 2. The van der Waals surface area contributed by atoms with Gasteiger partial charge in [0.2, 0.25) is 0 Å². The van der Waals surface area contributed by atoms with Crippen LogP contribution in [0.1, 0.15) is 43.2 Å². The number of anilines is 1. The van der Waals surface area contributed by atoms with Crippen LogP contribution in [0.15, 0.2) is 12.3 Å². The standard InChI is InChI=1S/C18H23N3O3/c22-16(23)18-7-3-6-14(18)10-21(11-18)17(24)20-15-8-12-4-1-2-5-13(12)9-19-15/h8-9,14H,1-7,10-11H2,(H,22,23)(H,19,20,24)/t14-,18+/m0/s1. The van der Waals surface area contributed by atoms with Crippen molar-refractivity contribution in [3.63, 3.8) is 0 Å². The summed E-state index contributed by atoms with van der Waals surface area (Å²) >= 11 is 0. The Bertz CT molecular complexity index is 690. The lowest BCUT2D eigenvalue weighted by atomic mass is 9.81. The number of aromatic nitrogens is 1. The number of fused-ring (bicyclic) bond motifs is 2. The maximum Gasteiger partial charge on any atom is 0.323 e. The maximum absolute atomic E-state index is 12.6. The van der Waals surface area contributed by atoms with E-state index in [9.17, 15) is 14.7 Å². The average Bonchev–Trinajstić information content (AvgIpc) is 3.13. The van der Waals surface area contributed by atoms with Crippen LogP contribution in [-0.2, 0) is 17.6 Å². The van der Waals surface area contributed by atoms with Gasteiger partial charge in [-0.1, -0.05) is 6.42 Å². The lowest BCUT2D eigenvalue weighted by Gasteiger charge is -2.23. The molecule has 128 valence electrons. The summed E-state index contributed by atoms with van der Waals surface area (Å²) in [6.45, 7) is 0.840. The summed E-state index contributed by atoms with van der Waals surface area (Å²) in [7, 11) is 0. The van der Waals surface area contributed by atoms with Crippen molar-refractivity contribution in [2.75, 3.05) is 18.4 Å². The van der Waals surface area contributed by atoms with Gasteiger partial charge in [0.05, 0.1) is 5.41 Å². The number of rotatable bonds is 2. The molecule has 0 spiro atoms. The van der Waals surface area contributed by atoms with Crippen LogP contribution < -0.4 is 5.32 Å². The Hall–Kier alpha value is -2.11. The summed E-state index contributed by atoms with van der Waals surface area (Å²) in [5.41, 5.74) is 1.81. The Balaban J connectivity index is 1.47. The summed E-state index contributed by atoms with van der Waals surface area (Å²) in [5, 5.41) is 12.5. The van der Waals surface area contributed by atoms with Gasteiger partial charge in [0.15, 0.2) is 0 Å². The second kappa shape index (κ2) is 5.76. The second-order valence-corrected chi connectivity index (χ2v) is 7.41. The molecule has 24 heavy (non-hydrogen) atoms. The van der Waals surface area contributed by atoms with Gasteiger partial charge < -0.3 is 10.0 Å². The second-order valence-electron chi connectivity index (χ2n) is 7.41. The molecule has 1 aliphatic heterocycles. The number of hydrogen-bond acceptors (Lipinski definition) is 3. The minimum atomic E-state index is -0.757. The number of nitrogens with one attached hydrogen (secondary N) is 1. The first-order chi connectivity index (χ1) is 11.6. The van der Waals surface area contributed by atoms with Crippen molar-refractivity contribution in [1.29, 1.82) is 0 Å². The zero-order valence-electron chi connectivity index (χ0n) is 13.8. The molecule has 1 saturated heterocycles. The minimum Gasteiger partial charge on any atom is -0.481 e. The molecule has 4 rings (SSSR count). The van der Waals surface area contributed by atoms with Crippen molar-refractivity contribution < 1.29 is 14.7 Å². The number of urea groups is 1. The summed E-state index contributed by atoms with van der Waals surface area (Å²) in [6.07, 6.45) is 8.85. The number of carbonyl (C=O) groups excluding carboxylic acids is 1. The van der Waals surface area contributed by atoms with Gasteiger partial charge in [-0.05, 0) is 61.6 Å². The van der Waals surface area contributed by atoms with E-state index in [0.717, 1.165) is 25.7 Å². The molecular formula is C18H23N3O3. The molecule has 1 aromatic heterocycles. The molecule has 6 heteroatoms. The van der Waals surface area contributed by atoms with Gasteiger partial charge in [-0.25, -0.2) is 9.78 Å². The highest BCUT2D eigenvalue weighted by molar-refractivity contribution is 5.90. The predicted molar refractivity (Wildman–Crippen MR) is 88.9 cm³/mol. The van der Waals surface area contributed by atoms with E-state index >= 15 is 0 Å². The Morgan fingerprint density at radius 2 is 2.04 bits per heavy atom. The molecule has 0 unspecified atom stereocenters. The zero-order chi connectivity index (χ0) is 16.7. The highest BCUT2D eigenvalue weighted by atomic mass is 16.4. The highest BCUT2D eigenvalue weighted by Crippen LogP contribution is 2.48. The lowest BCUT2D eigenvalue weighted by molar-refractivity contribution is -0.149. The van der Waals surface area contributed by atoms with Crippen molar-refractivity contribution in [3.8, 4) is 0 Å². The largest absolute Gasteiger partial charge is 0.481 e. The third kappa shape index (κ3) is 2.44. The molecule has 2 N–H and O–H groups in total. The van der Waals surface area contributed by atoms with Crippen LogP contribution in [0.25, 0.3) is 0 Å². The number of carbonyl (C=O) groups is 2. The van der Waals surface area contributed by atoms with Gasteiger partial charge in [-0.2, -0.15) is 0 Å². The number of carboxylic acids is 1. The molecule has 2 atom stereocenters. The molecule has 0 radical (unpaired) electrons. The summed E-state index contributed by atoms with van der Waals surface area (Å²) in [6, 6.07) is 1.74. The monoisotopic (exact) mass is 329 g/mol. The number of aliphatic carboxylic acids is 1. The van der Waals surface area contributed by atoms with Gasteiger partial charge in [0.25, 0.3) is 0 Å². The van der Waals surface area contributed by atoms with Gasteiger partial charge in [0.1, 0.15) is 5.82 Å². The molecule has 0 aromatic carbocycles. The smallest absolute Gasteiger partial charge is 0.323 e. The van der Waals surface area contributed by atoms with E-state index in [0.29, 0.717) is 25.3 Å². The van der Waals surface area contributed by atoms with E-state index in [4.69, 9.17) is 0 Å². The first-order valence-corrected chi connectivity index (χ1v) is 8.86. The fourth-order valence-electron chi connectivity index (χ4n) is 4.66. The molecule has 1 aromatic rings. The number of likely N-dealkylation sites (tertiary alicyclic amines) is 1. The van der Waals surface area contributed by atoms with Crippen molar-refractivity contribution in [1.82, 2.24) is 9.88 Å². The van der Waals surface area contributed by atoms with Crippen molar-refractivity contribution >= 4 is 17.8 Å². The SMILES string of the molecule is O=C(Nc1cc2c(cn1)CCCC2)N1C[C@@H]2CCC[C@@]2(C(=O)O)C1. The Kier molecular flexibility index (Phi) is 3.70. The summed E-state index contributed by atoms with van der Waals surface area (Å²) in [4.78, 5) is 30.3. The number of pyridine rings is 1. The normalized spacial score (nSPS) is 28.3. The third-order valence-corrected chi connectivity index (χ3v) is 6.04. The van der Waals surface area contributed by atoms with Crippen LogP contribution in [0.5, 0.6) is 0 Å². The van der Waals surface area contributed by atoms with Gasteiger partial charge >= 0.3 is 12.0 Å². The Labute approximate surface area is 141 Å². The molecule has 2 amide bonds. The number of hydrogen-bond donors (Lipinski definition) is 2. The van der Waals surface area contributed by atoms with Crippen molar-refractivity contribution in [2.24, 2.45) is 11.3 Å². The van der Waals surface area contributed by atoms with Crippen LogP contribution in [-0.4, -0.2) is 40.1 Å². The number of amides is 2. The van der Waals surface area contributed by atoms with E-state index < -0.39 is 11.4 Å². The zero-order valence-corrected chi connectivity index (χ0v) is 13.8. The average molecular weight is 329 g/mol. The molecule has 2 heterocycles. The molecule has 1 saturated carbocycles. The fraction of sp³-hybridized carbons (Fsp3) is 0.611. The van der Waals surface area contributed by atoms with Gasteiger partial charge in [0, 0.05) is 19.3 Å². The number of nitrogens with zero attached hydrogens (tertiary/aromatic N) is 2. The van der Waals surface area contributed by atoms with Crippen LogP contribution in [0.3, 0.4) is 0 Å². The predicted octanol–water partition coefficient (Wildman–Crippen LogP) is 2.68.